The molecular formula is C19H17BrF2N4O2. The number of hydrogen-bond donors (Lipinski definition) is 1. The highest BCUT2D eigenvalue weighted by Crippen LogP contribution is 2.31. The summed E-state index contributed by atoms with van der Waals surface area (Å²) in [4.78, 5) is 25.2. The van der Waals surface area contributed by atoms with Crippen molar-refractivity contribution in [3.63, 3.8) is 0 Å². The van der Waals surface area contributed by atoms with Crippen LogP contribution >= 0.6 is 15.9 Å². The van der Waals surface area contributed by atoms with E-state index in [0.717, 1.165) is 14.9 Å². The second kappa shape index (κ2) is 8.10. The number of alkyl halides is 2. The van der Waals surface area contributed by atoms with Crippen LogP contribution in [0.4, 0.5) is 8.78 Å². The maximum Gasteiger partial charge on any atom is 0.268 e. The third-order valence-corrected chi connectivity index (χ3v) is 4.96. The lowest BCUT2D eigenvalue weighted by Gasteiger charge is -2.19. The standard InChI is InChI=1S/C19H17BrF2N4O2/c20-15-3-1-13(2-4-15)10-25-6-5-14(11-25)18(28)24-9-17(27)26-12-19(21,22)7-16(26)8-23/h1-6,11,16H,7,9-10,12H2,(H,24,28)/t16-/m0/s1. The highest BCUT2D eigenvalue weighted by atomic mass is 79.9. The predicted molar refractivity (Wildman–Crippen MR) is 101 cm³/mol. The number of nitriles is 1. The third-order valence-electron chi connectivity index (χ3n) is 4.43. The van der Waals surface area contributed by atoms with Gasteiger partial charge >= 0.3 is 0 Å². The molecule has 3 rings (SSSR count). The highest BCUT2D eigenvalue weighted by molar-refractivity contribution is 9.10. The van der Waals surface area contributed by atoms with Crippen LogP contribution in [-0.4, -0.2) is 46.3 Å². The van der Waals surface area contributed by atoms with Gasteiger partial charge in [0.2, 0.25) is 5.91 Å². The van der Waals surface area contributed by atoms with Crippen LogP contribution in [0.15, 0.2) is 47.2 Å². The number of carbonyl (C=O) groups excluding carboxylic acids is 2. The number of amides is 2. The Morgan fingerprint density at radius 1 is 1.29 bits per heavy atom. The third kappa shape index (κ3) is 4.75. The molecule has 0 radical (unpaired) electrons. The first-order valence-corrected chi connectivity index (χ1v) is 9.32. The van der Waals surface area contributed by atoms with Gasteiger partial charge in [-0.05, 0) is 23.8 Å². The molecule has 0 spiro atoms. The summed E-state index contributed by atoms with van der Waals surface area (Å²) in [5.74, 6) is -4.27. The van der Waals surface area contributed by atoms with Crippen LogP contribution in [-0.2, 0) is 11.3 Å². The summed E-state index contributed by atoms with van der Waals surface area (Å²) >= 11 is 3.37. The Bertz CT molecular complexity index is 921. The molecule has 0 saturated carbocycles. The molecule has 1 fully saturated rings. The first kappa shape index (κ1) is 20.0. The van der Waals surface area contributed by atoms with Crippen molar-refractivity contribution in [2.75, 3.05) is 13.1 Å². The van der Waals surface area contributed by atoms with E-state index in [4.69, 9.17) is 5.26 Å². The minimum absolute atomic E-state index is 0.355. The number of hydrogen-bond acceptors (Lipinski definition) is 3. The fourth-order valence-electron chi connectivity index (χ4n) is 3.03. The number of nitrogens with one attached hydrogen (secondary N) is 1. The van der Waals surface area contributed by atoms with Gasteiger partial charge in [-0.3, -0.25) is 9.59 Å². The summed E-state index contributed by atoms with van der Waals surface area (Å²) < 4.78 is 29.6. The Morgan fingerprint density at radius 2 is 2.00 bits per heavy atom. The summed E-state index contributed by atoms with van der Waals surface area (Å²) in [5.41, 5.74) is 1.41. The van der Waals surface area contributed by atoms with Crippen molar-refractivity contribution >= 4 is 27.7 Å². The van der Waals surface area contributed by atoms with E-state index in [9.17, 15) is 18.4 Å². The Morgan fingerprint density at radius 3 is 2.68 bits per heavy atom. The highest BCUT2D eigenvalue weighted by Gasteiger charge is 2.47. The van der Waals surface area contributed by atoms with Crippen LogP contribution in [0.1, 0.15) is 22.3 Å². The van der Waals surface area contributed by atoms with Crippen LogP contribution in [0.5, 0.6) is 0 Å². The number of likely N-dealkylation sites (tertiary alicyclic amines) is 1. The monoisotopic (exact) mass is 450 g/mol. The normalized spacial score (nSPS) is 17.9. The largest absolute Gasteiger partial charge is 0.349 e. The fourth-order valence-corrected chi connectivity index (χ4v) is 3.29. The molecule has 2 amide bonds. The van der Waals surface area contributed by atoms with Crippen LogP contribution in [0.3, 0.4) is 0 Å². The lowest BCUT2D eigenvalue weighted by molar-refractivity contribution is -0.131. The van der Waals surface area contributed by atoms with Gasteiger partial charge in [0.1, 0.15) is 6.04 Å². The number of halogens is 3. The zero-order valence-electron chi connectivity index (χ0n) is 14.7. The zero-order chi connectivity index (χ0) is 20.3. The second-order valence-electron chi connectivity index (χ2n) is 6.61. The SMILES string of the molecule is N#C[C@@H]1CC(F)(F)CN1C(=O)CNC(=O)c1ccn(Cc2ccc(Br)cc2)c1. The van der Waals surface area contributed by atoms with Crippen molar-refractivity contribution in [3.05, 3.63) is 58.3 Å². The number of rotatable bonds is 5. The molecule has 1 N–H and O–H groups in total. The van der Waals surface area contributed by atoms with Crippen LogP contribution in [0, 0.1) is 11.3 Å². The van der Waals surface area contributed by atoms with Gasteiger partial charge in [0.25, 0.3) is 11.8 Å². The molecule has 2 aromatic rings. The zero-order valence-corrected chi connectivity index (χ0v) is 16.3. The van der Waals surface area contributed by atoms with Crippen molar-refractivity contribution in [3.8, 4) is 6.07 Å². The van der Waals surface area contributed by atoms with Gasteiger partial charge < -0.3 is 14.8 Å². The van der Waals surface area contributed by atoms with Gasteiger partial charge in [-0.15, -0.1) is 0 Å². The molecule has 1 aromatic carbocycles. The molecule has 1 aliphatic heterocycles. The predicted octanol–water partition coefficient (Wildman–Crippen LogP) is 2.79. The maximum atomic E-state index is 13.4. The Labute approximate surface area is 168 Å². The lowest BCUT2D eigenvalue weighted by atomic mass is 10.2. The van der Waals surface area contributed by atoms with Gasteiger partial charge in [0, 0.05) is 29.8 Å². The van der Waals surface area contributed by atoms with E-state index >= 15 is 0 Å². The summed E-state index contributed by atoms with van der Waals surface area (Å²) in [7, 11) is 0. The van der Waals surface area contributed by atoms with E-state index in [0.29, 0.717) is 12.1 Å². The van der Waals surface area contributed by atoms with Gasteiger partial charge in [-0.2, -0.15) is 5.26 Å². The van der Waals surface area contributed by atoms with Crippen LogP contribution in [0.2, 0.25) is 0 Å². The number of benzene rings is 1. The van der Waals surface area contributed by atoms with E-state index in [-0.39, 0.29) is 0 Å². The van der Waals surface area contributed by atoms with E-state index < -0.39 is 43.3 Å². The quantitative estimate of drug-likeness (QED) is 0.760. The summed E-state index contributed by atoms with van der Waals surface area (Å²) in [5, 5.41) is 11.4. The fraction of sp³-hybridized carbons (Fsp3) is 0.316. The molecule has 1 atom stereocenters. The second-order valence-corrected chi connectivity index (χ2v) is 7.52. The Hall–Kier alpha value is -2.73. The minimum Gasteiger partial charge on any atom is -0.349 e. The lowest BCUT2D eigenvalue weighted by Crippen LogP contribution is -2.42. The van der Waals surface area contributed by atoms with Gasteiger partial charge in [0.05, 0.1) is 24.7 Å². The molecule has 146 valence electrons. The molecule has 0 unspecified atom stereocenters. The van der Waals surface area contributed by atoms with E-state index in [1.165, 1.54) is 0 Å². The van der Waals surface area contributed by atoms with Gasteiger partial charge in [-0.25, -0.2) is 8.78 Å². The molecule has 2 heterocycles. The first-order valence-electron chi connectivity index (χ1n) is 8.53. The molecular weight excluding hydrogens is 434 g/mol. The van der Waals surface area contributed by atoms with Crippen LogP contribution in [0.25, 0.3) is 0 Å². The van der Waals surface area contributed by atoms with E-state index in [2.05, 4.69) is 21.2 Å². The Kier molecular flexibility index (Phi) is 5.79. The van der Waals surface area contributed by atoms with E-state index in [1.54, 1.807) is 24.5 Å². The summed E-state index contributed by atoms with van der Waals surface area (Å²) in [6, 6.07) is 9.91. The first-order chi connectivity index (χ1) is 13.3. The number of aromatic nitrogens is 1. The van der Waals surface area contributed by atoms with Crippen molar-refractivity contribution < 1.29 is 18.4 Å². The number of nitrogens with zero attached hydrogens (tertiary/aromatic N) is 3. The molecule has 6 nitrogen and oxygen atoms in total. The number of carbonyl (C=O) groups is 2. The average Bonchev–Trinajstić information content (AvgIpc) is 3.25. The van der Waals surface area contributed by atoms with Crippen LogP contribution < -0.4 is 5.32 Å². The smallest absolute Gasteiger partial charge is 0.268 e. The summed E-state index contributed by atoms with van der Waals surface area (Å²) in [6.45, 7) is -0.666. The molecule has 0 aliphatic carbocycles. The molecule has 1 aliphatic rings. The Balaban J connectivity index is 1.55. The molecule has 1 aromatic heterocycles. The topological polar surface area (TPSA) is 78.1 Å². The van der Waals surface area contributed by atoms with Crippen molar-refractivity contribution in [1.82, 2.24) is 14.8 Å². The molecule has 1 saturated heterocycles. The van der Waals surface area contributed by atoms with Crippen molar-refractivity contribution in [1.29, 1.82) is 5.26 Å². The van der Waals surface area contributed by atoms with Crippen molar-refractivity contribution in [2.24, 2.45) is 0 Å². The van der Waals surface area contributed by atoms with Crippen molar-refractivity contribution in [2.45, 2.75) is 24.9 Å². The average molecular weight is 451 g/mol. The summed E-state index contributed by atoms with van der Waals surface area (Å²) in [6.07, 6.45) is 2.71. The van der Waals surface area contributed by atoms with E-state index in [1.807, 2.05) is 28.8 Å². The molecule has 9 heteroatoms. The minimum atomic E-state index is -3.08. The molecule has 28 heavy (non-hydrogen) atoms. The van der Waals surface area contributed by atoms with Gasteiger partial charge in [0.15, 0.2) is 0 Å². The maximum absolute atomic E-state index is 13.4. The molecule has 0 bridgehead atoms. The van der Waals surface area contributed by atoms with Gasteiger partial charge in [-0.1, -0.05) is 28.1 Å².